The van der Waals surface area contributed by atoms with E-state index in [0.29, 0.717) is 5.56 Å². The lowest BCUT2D eigenvalue weighted by Gasteiger charge is -2.20. The summed E-state index contributed by atoms with van der Waals surface area (Å²) in [5.41, 5.74) is 0.830. The smallest absolute Gasteiger partial charge is 0.405 e. The first-order valence-corrected chi connectivity index (χ1v) is 8.27. The van der Waals surface area contributed by atoms with Crippen LogP contribution in [0.25, 0.3) is 0 Å². The van der Waals surface area contributed by atoms with Crippen LogP contribution < -0.4 is 4.74 Å². The van der Waals surface area contributed by atoms with Crippen LogP contribution in [0.1, 0.15) is 21.5 Å². The number of rotatable bonds is 7. The first kappa shape index (κ1) is 22.5. The lowest BCUT2D eigenvalue weighted by Crippen LogP contribution is -2.27. The fraction of sp³-hybridized carbons (Fsp3) is 0.316. The molecule has 0 aliphatic rings. The fourth-order valence-electron chi connectivity index (χ4n) is 2.43. The van der Waals surface area contributed by atoms with Crippen molar-refractivity contribution in [3.05, 3.63) is 65.2 Å². The molecule has 29 heavy (non-hydrogen) atoms. The zero-order valence-corrected chi connectivity index (χ0v) is 15.2. The summed E-state index contributed by atoms with van der Waals surface area (Å²) in [7, 11) is 1.41. The minimum Gasteiger partial charge on any atom is -0.405 e. The van der Waals surface area contributed by atoms with Crippen LogP contribution >= 0.6 is 0 Å². The molecule has 10 heteroatoms. The van der Waals surface area contributed by atoms with Gasteiger partial charge in [0.25, 0.3) is 5.91 Å². The zero-order chi connectivity index (χ0) is 21.7. The van der Waals surface area contributed by atoms with Crippen molar-refractivity contribution in [2.24, 2.45) is 0 Å². The number of ether oxygens (including phenoxy) is 2. The van der Waals surface area contributed by atoms with Crippen molar-refractivity contribution >= 4 is 5.91 Å². The summed E-state index contributed by atoms with van der Waals surface area (Å²) in [4.78, 5) is 13.7. The number of hydrogen-bond acceptors (Lipinski definition) is 3. The largest absolute Gasteiger partial charge is 0.573 e. The molecule has 0 aliphatic carbocycles. The molecule has 0 aliphatic heterocycles. The van der Waals surface area contributed by atoms with Gasteiger partial charge in [-0.15, -0.1) is 13.2 Å². The average Bonchev–Trinajstić information content (AvgIpc) is 2.61. The van der Waals surface area contributed by atoms with Gasteiger partial charge in [-0.3, -0.25) is 4.79 Å². The van der Waals surface area contributed by atoms with E-state index >= 15 is 0 Å². The van der Waals surface area contributed by atoms with E-state index in [2.05, 4.69) is 9.47 Å². The van der Waals surface area contributed by atoms with Crippen molar-refractivity contribution in [1.82, 2.24) is 4.90 Å². The maximum Gasteiger partial charge on any atom is 0.573 e. The molecule has 0 unspecified atom stereocenters. The summed E-state index contributed by atoms with van der Waals surface area (Å²) in [5.74, 6) is -0.883. The van der Waals surface area contributed by atoms with Gasteiger partial charge in [0.1, 0.15) is 12.4 Å². The second kappa shape index (κ2) is 9.17. The Balaban J connectivity index is 2.00. The molecule has 0 spiro atoms. The van der Waals surface area contributed by atoms with Crippen molar-refractivity contribution in [2.75, 3.05) is 13.7 Å². The van der Waals surface area contributed by atoms with E-state index in [1.807, 2.05) is 0 Å². The number of para-hydroxylation sites is 1. The Bertz CT molecular complexity index is 818. The second-order valence-corrected chi connectivity index (χ2v) is 6.12. The van der Waals surface area contributed by atoms with Crippen LogP contribution in [0, 0.1) is 0 Å². The van der Waals surface area contributed by atoms with E-state index in [1.165, 1.54) is 54.4 Å². The zero-order valence-electron chi connectivity index (χ0n) is 15.2. The normalized spacial score (nSPS) is 12.0. The number of benzene rings is 2. The molecule has 4 nitrogen and oxygen atoms in total. The Kier molecular flexibility index (Phi) is 7.12. The predicted molar refractivity (Wildman–Crippen MR) is 91.1 cm³/mol. The van der Waals surface area contributed by atoms with Crippen molar-refractivity contribution in [3.63, 3.8) is 0 Å². The Hall–Kier alpha value is -2.75. The highest BCUT2D eigenvalue weighted by Crippen LogP contribution is 2.27. The molecule has 0 saturated heterocycles. The lowest BCUT2D eigenvalue weighted by atomic mass is 10.1. The van der Waals surface area contributed by atoms with Crippen molar-refractivity contribution in [2.45, 2.75) is 25.7 Å². The molecule has 2 aromatic carbocycles. The highest BCUT2D eigenvalue weighted by atomic mass is 19.4. The summed E-state index contributed by atoms with van der Waals surface area (Å²) >= 11 is 0. The van der Waals surface area contributed by atoms with Gasteiger partial charge in [-0.1, -0.05) is 30.3 Å². The summed E-state index contributed by atoms with van der Waals surface area (Å²) in [5, 5.41) is 0. The highest BCUT2D eigenvalue weighted by Gasteiger charge is 2.32. The number of nitrogens with zero attached hydrogens (tertiary/aromatic N) is 1. The Labute approximate surface area is 162 Å². The van der Waals surface area contributed by atoms with E-state index in [0.717, 1.165) is 6.07 Å². The maximum atomic E-state index is 12.5. The first-order chi connectivity index (χ1) is 13.4. The summed E-state index contributed by atoms with van der Waals surface area (Å²) < 4.78 is 82.2. The third-order valence-corrected chi connectivity index (χ3v) is 3.69. The quantitative estimate of drug-likeness (QED) is 0.595. The number of halogens is 6. The second-order valence-electron chi connectivity index (χ2n) is 6.12. The number of carbonyl (C=O) groups excluding carboxylic acids is 1. The number of alkyl halides is 6. The molecule has 0 atom stereocenters. The molecule has 0 aromatic heterocycles. The van der Waals surface area contributed by atoms with E-state index in [-0.39, 0.29) is 24.3 Å². The molecule has 0 radical (unpaired) electrons. The van der Waals surface area contributed by atoms with Crippen molar-refractivity contribution < 1.29 is 40.6 Å². The molecule has 2 aromatic rings. The molecule has 0 bridgehead atoms. The van der Waals surface area contributed by atoms with Gasteiger partial charge < -0.3 is 14.4 Å². The van der Waals surface area contributed by atoms with E-state index in [1.54, 1.807) is 0 Å². The van der Waals surface area contributed by atoms with Crippen LogP contribution in [-0.4, -0.2) is 37.0 Å². The van der Waals surface area contributed by atoms with Gasteiger partial charge >= 0.3 is 12.5 Å². The number of hydrogen-bond donors (Lipinski definition) is 0. The molecular formula is C19H17F6NO3. The third-order valence-electron chi connectivity index (χ3n) is 3.69. The van der Waals surface area contributed by atoms with Crippen LogP contribution in [0.4, 0.5) is 26.3 Å². The number of carbonyl (C=O) groups is 1. The van der Waals surface area contributed by atoms with Crippen LogP contribution in [0.3, 0.4) is 0 Å². The van der Waals surface area contributed by atoms with Crippen molar-refractivity contribution in [1.29, 1.82) is 0 Å². The molecule has 1 amide bonds. The maximum absolute atomic E-state index is 12.5. The van der Waals surface area contributed by atoms with Crippen LogP contribution in [0.5, 0.6) is 5.75 Å². The molecule has 0 N–H and O–H groups in total. The molecule has 0 fully saturated rings. The minimum atomic E-state index is -4.86. The van der Waals surface area contributed by atoms with Crippen LogP contribution in [-0.2, 0) is 17.9 Å². The molecule has 0 saturated carbocycles. The van der Waals surface area contributed by atoms with Crippen molar-refractivity contribution in [3.8, 4) is 5.75 Å². The SMILES string of the molecule is CN(Cc1ccccc1OC(F)(F)F)C(=O)c1ccc(COCC(F)(F)F)cc1. The fourth-order valence-corrected chi connectivity index (χ4v) is 2.43. The van der Waals surface area contributed by atoms with Gasteiger partial charge in [0.2, 0.25) is 0 Å². The molecule has 0 heterocycles. The monoisotopic (exact) mass is 421 g/mol. The van der Waals surface area contributed by atoms with Gasteiger partial charge in [0.15, 0.2) is 0 Å². The van der Waals surface area contributed by atoms with Gasteiger partial charge in [0, 0.05) is 24.7 Å². The van der Waals surface area contributed by atoms with E-state index in [4.69, 9.17) is 0 Å². The van der Waals surface area contributed by atoms with E-state index in [9.17, 15) is 31.1 Å². The Morgan fingerprint density at radius 3 is 2.17 bits per heavy atom. The molecule has 158 valence electrons. The van der Waals surface area contributed by atoms with Gasteiger partial charge in [-0.25, -0.2) is 0 Å². The minimum absolute atomic E-state index is 0.137. The third kappa shape index (κ3) is 7.65. The lowest BCUT2D eigenvalue weighted by molar-refractivity contribution is -0.275. The Morgan fingerprint density at radius 2 is 1.59 bits per heavy atom. The highest BCUT2D eigenvalue weighted by molar-refractivity contribution is 5.94. The summed E-state index contributed by atoms with van der Waals surface area (Å²) in [6.07, 6.45) is -9.28. The summed E-state index contributed by atoms with van der Waals surface area (Å²) in [6.45, 7) is -1.79. The number of amides is 1. The summed E-state index contributed by atoms with van der Waals surface area (Å²) in [6, 6.07) is 11.2. The van der Waals surface area contributed by atoms with Crippen LogP contribution in [0.2, 0.25) is 0 Å². The topological polar surface area (TPSA) is 38.8 Å². The standard InChI is InChI=1S/C19H17F6NO3/c1-26(10-15-4-2-3-5-16(15)29-19(23,24)25)17(27)14-8-6-13(7-9-14)11-28-12-18(20,21)22/h2-9H,10-12H2,1H3. The van der Waals surface area contributed by atoms with E-state index < -0.39 is 30.8 Å². The molecular weight excluding hydrogens is 404 g/mol. The first-order valence-electron chi connectivity index (χ1n) is 8.27. The average molecular weight is 421 g/mol. The van der Waals surface area contributed by atoms with Gasteiger partial charge in [-0.05, 0) is 23.8 Å². The van der Waals surface area contributed by atoms with Crippen LogP contribution in [0.15, 0.2) is 48.5 Å². The predicted octanol–water partition coefficient (Wildman–Crippen LogP) is 4.94. The molecule has 2 rings (SSSR count). The van der Waals surface area contributed by atoms with Gasteiger partial charge in [-0.2, -0.15) is 13.2 Å². The van der Waals surface area contributed by atoms with Gasteiger partial charge in [0.05, 0.1) is 6.61 Å². The Morgan fingerprint density at radius 1 is 0.966 bits per heavy atom.